The number of hydrogen-bond acceptors (Lipinski definition) is 3. The predicted octanol–water partition coefficient (Wildman–Crippen LogP) is 2.29. The SMILES string of the molecule is O=C(O)c1ccc2c(c1)-c1c(C(=O)O)cccc1C2=O. The first-order chi connectivity index (χ1) is 9.50. The summed E-state index contributed by atoms with van der Waals surface area (Å²) in [6.07, 6.45) is 0. The van der Waals surface area contributed by atoms with Crippen LogP contribution in [0.15, 0.2) is 36.4 Å². The Morgan fingerprint density at radius 1 is 0.850 bits per heavy atom. The van der Waals surface area contributed by atoms with Gasteiger partial charge in [0.1, 0.15) is 0 Å². The summed E-state index contributed by atoms with van der Waals surface area (Å²) in [6, 6.07) is 8.55. The predicted molar refractivity (Wildman–Crippen MR) is 69.2 cm³/mol. The van der Waals surface area contributed by atoms with Gasteiger partial charge in [-0.25, -0.2) is 9.59 Å². The van der Waals surface area contributed by atoms with E-state index in [4.69, 9.17) is 5.11 Å². The average Bonchev–Trinajstić information content (AvgIpc) is 2.72. The van der Waals surface area contributed by atoms with Crippen molar-refractivity contribution in [1.82, 2.24) is 0 Å². The number of fused-ring (bicyclic) bond motifs is 3. The highest BCUT2D eigenvalue weighted by Gasteiger charge is 2.31. The van der Waals surface area contributed by atoms with Gasteiger partial charge in [-0.05, 0) is 29.8 Å². The third-order valence-electron chi connectivity index (χ3n) is 3.32. The Morgan fingerprint density at radius 2 is 1.60 bits per heavy atom. The molecule has 20 heavy (non-hydrogen) atoms. The molecule has 0 atom stereocenters. The summed E-state index contributed by atoms with van der Waals surface area (Å²) in [5, 5.41) is 18.2. The van der Waals surface area contributed by atoms with E-state index in [-0.39, 0.29) is 16.9 Å². The number of rotatable bonds is 2. The summed E-state index contributed by atoms with van der Waals surface area (Å²) in [7, 11) is 0. The highest BCUT2D eigenvalue weighted by Crippen LogP contribution is 2.39. The maximum Gasteiger partial charge on any atom is 0.336 e. The molecule has 0 amide bonds. The molecule has 0 aliphatic heterocycles. The van der Waals surface area contributed by atoms with Gasteiger partial charge in [0.25, 0.3) is 0 Å². The molecular formula is C15H8O5. The summed E-state index contributed by atoms with van der Waals surface area (Å²) in [6.45, 7) is 0. The first-order valence-corrected chi connectivity index (χ1v) is 5.79. The van der Waals surface area contributed by atoms with Crippen LogP contribution in [0.25, 0.3) is 11.1 Å². The molecule has 0 saturated carbocycles. The third kappa shape index (κ3) is 1.53. The van der Waals surface area contributed by atoms with Crippen molar-refractivity contribution in [2.24, 2.45) is 0 Å². The molecular weight excluding hydrogens is 260 g/mol. The van der Waals surface area contributed by atoms with Crippen LogP contribution in [0.4, 0.5) is 0 Å². The number of carbonyl (C=O) groups is 3. The maximum absolute atomic E-state index is 12.2. The largest absolute Gasteiger partial charge is 0.478 e. The van der Waals surface area contributed by atoms with Crippen LogP contribution >= 0.6 is 0 Å². The Hall–Kier alpha value is -2.95. The molecule has 0 radical (unpaired) electrons. The van der Waals surface area contributed by atoms with Crippen molar-refractivity contribution >= 4 is 17.7 Å². The van der Waals surface area contributed by atoms with Crippen LogP contribution in [0.5, 0.6) is 0 Å². The minimum Gasteiger partial charge on any atom is -0.478 e. The van der Waals surface area contributed by atoms with Crippen LogP contribution < -0.4 is 0 Å². The van der Waals surface area contributed by atoms with Crippen molar-refractivity contribution in [2.75, 3.05) is 0 Å². The molecule has 0 unspecified atom stereocenters. The Kier molecular flexibility index (Phi) is 2.44. The van der Waals surface area contributed by atoms with Gasteiger partial charge in [0.05, 0.1) is 11.1 Å². The molecule has 0 heterocycles. The van der Waals surface area contributed by atoms with E-state index in [0.29, 0.717) is 22.3 Å². The van der Waals surface area contributed by atoms with E-state index in [2.05, 4.69) is 0 Å². The molecule has 1 aliphatic carbocycles. The van der Waals surface area contributed by atoms with Crippen molar-refractivity contribution in [1.29, 1.82) is 0 Å². The highest BCUT2D eigenvalue weighted by atomic mass is 16.4. The summed E-state index contributed by atoms with van der Waals surface area (Å²) in [5.41, 5.74) is 1.30. The van der Waals surface area contributed by atoms with Crippen molar-refractivity contribution < 1.29 is 24.6 Å². The van der Waals surface area contributed by atoms with Crippen LogP contribution in [-0.4, -0.2) is 27.9 Å². The minimum absolute atomic E-state index is 0.00265. The summed E-state index contributed by atoms with van der Waals surface area (Å²) in [5.74, 6) is -2.56. The molecule has 0 aromatic heterocycles. The number of carboxylic acids is 2. The van der Waals surface area contributed by atoms with E-state index in [0.717, 1.165) is 0 Å². The first-order valence-electron chi connectivity index (χ1n) is 5.79. The van der Waals surface area contributed by atoms with Crippen molar-refractivity contribution in [3.63, 3.8) is 0 Å². The van der Waals surface area contributed by atoms with Gasteiger partial charge >= 0.3 is 11.9 Å². The number of aromatic carboxylic acids is 2. The van der Waals surface area contributed by atoms with Gasteiger partial charge in [0.2, 0.25) is 0 Å². The van der Waals surface area contributed by atoms with Crippen LogP contribution in [0, 0.1) is 0 Å². The normalized spacial score (nSPS) is 11.9. The fourth-order valence-corrected chi connectivity index (χ4v) is 2.44. The zero-order valence-electron chi connectivity index (χ0n) is 10.1. The van der Waals surface area contributed by atoms with E-state index in [9.17, 15) is 19.5 Å². The summed E-state index contributed by atoms with van der Waals surface area (Å²) < 4.78 is 0. The molecule has 0 saturated heterocycles. The Balaban J connectivity index is 2.36. The van der Waals surface area contributed by atoms with Gasteiger partial charge < -0.3 is 10.2 Å². The van der Waals surface area contributed by atoms with E-state index in [1.54, 1.807) is 6.07 Å². The minimum atomic E-state index is -1.15. The molecule has 5 nitrogen and oxygen atoms in total. The lowest BCUT2D eigenvalue weighted by molar-refractivity contribution is 0.0687. The Labute approximate surface area is 113 Å². The lowest BCUT2D eigenvalue weighted by Gasteiger charge is -2.05. The van der Waals surface area contributed by atoms with E-state index < -0.39 is 11.9 Å². The summed E-state index contributed by atoms with van der Waals surface area (Å²) >= 11 is 0. The maximum atomic E-state index is 12.2. The number of benzene rings is 2. The van der Waals surface area contributed by atoms with Crippen molar-refractivity contribution in [3.8, 4) is 11.1 Å². The number of hydrogen-bond donors (Lipinski definition) is 2. The lowest BCUT2D eigenvalue weighted by atomic mass is 9.98. The Bertz CT molecular complexity index is 789. The second-order valence-corrected chi connectivity index (χ2v) is 4.43. The number of carboxylic acid groups (broad SMARTS) is 2. The first kappa shape index (κ1) is 12.1. The van der Waals surface area contributed by atoms with Gasteiger partial charge in [-0.3, -0.25) is 4.79 Å². The molecule has 0 spiro atoms. The number of ketones is 1. The van der Waals surface area contributed by atoms with E-state index in [1.165, 1.54) is 30.3 Å². The third-order valence-corrected chi connectivity index (χ3v) is 3.32. The topological polar surface area (TPSA) is 91.7 Å². The van der Waals surface area contributed by atoms with E-state index >= 15 is 0 Å². The molecule has 2 N–H and O–H groups in total. The van der Waals surface area contributed by atoms with Crippen molar-refractivity contribution in [3.05, 3.63) is 58.7 Å². The van der Waals surface area contributed by atoms with Crippen LogP contribution in [0.2, 0.25) is 0 Å². The highest BCUT2D eigenvalue weighted by molar-refractivity contribution is 6.24. The number of carbonyl (C=O) groups excluding carboxylic acids is 1. The van der Waals surface area contributed by atoms with Crippen LogP contribution in [0.1, 0.15) is 36.6 Å². The van der Waals surface area contributed by atoms with Gasteiger partial charge in [0.15, 0.2) is 5.78 Å². The molecule has 2 aromatic carbocycles. The average molecular weight is 268 g/mol. The molecule has 98 valence electrons. The smallest absolute Gasteiger partial charge is 0.336 e. The van der Waals surface area contributed by atoms with E-state index in [1.807, 2.05) is 0 Å². The van der Waals surface area contributed by atoms with Gasteiger partial charge in [-0.1, -0.05) is 12.1 Å². The standard InChI is InChI=1S/C15H8O5/c16-13-8-5-4-7(14(17)18)6-11(8)12-9(13)2-1-3-10(12)15(19)20/h1-6H,(H,17,18)(H,19,20). The van der Waals surface area contributed by atoms with Crippen molar-refractivity contribution in [2.45, 2.75) is 0 Å². The van der Waals surface area contributed by atoms with Gasteiger partial charge in [-0.2, -0.15) is 0 Å². The lowest BCUT2D eigenvalue weighted by Crippen LogP contribution is -2.01. The molecule has 3 rings (SSSR count). The molecule has 2 aromatic rings. The second kappa shape index (κ2) is 4.03. The van der Waals surface area contributed by atoms with Gasteiger partial charge in [0, 0.05) is 16.7 Å². The quantitative estimate of drug-likeness (QED) is 0.744. The monoisotopic (exact) mass is 268 g/mol. The molecule has 0 bridgehead atoms. The fourth-order valence-electron chi connectivity index (χ4n) is 2.44. The fraction of sp³-hybridized carbons (Fsp3) is 0. The van der Waals surface area contributed by atoms with Gasteiger partial charge in [-0.15, -0.1) is 0 Å². The molecule has 0 fully saturated rings. The zero-order valence-corrected chi connectivity index (χ0v) is 10.1. The molecule has 1 aliphatic rings. The van der Waals surface area contributed by atoms with Crippen LogP contribution in [0.3, 0.4) is 0 Å². The molecule has 5 heteroatoms. The van der Waals surface area contributed by atoms with Crippen LogP contribution in [-0.2, 0) is 0 Å². The Morgan fingerprint density at radius 3 is 2.25 bits per heavy atom. The second-order valence-electron chi connectivity index (χ2n) is 4.43. The summed E-state index contributed by atoms with van der Waals surface area (Å²) in [4.78, 5) is 34.5. The zero-order chi connectivity index (χ0) is 14.4.